The molecule has 8 nitrogen and oxygen atoms in total. The predicted molar refractivity (Wildman–Crippen MR) is 54.1 cm³/mol. The molecule has 0 radical (unpaired) electrons. The summed E-state index contributed by atoms with van der Waals surface area (Å²) in [6, 6.07) is 0. The van der Waals surface area contributed by atoms with Gasteiger partial charge in [0.25, 0.3) is 0 Å². The smallest absolute Gasteiger partial charge is 0.335 e. The van der Waals surface area contributed by atoms with Crippen LogP contribution in [-0.2, 0) is 14.4 Å². The molecule has 0 amide bonds. The number of aliphatic hydroxyl groups excluding tert-OH is 4. The summed E-state index contributed by atoms with van der Waals surface area (Å²) in [5, 5.41) is 43.2. The van der Waals surface area contributed by atoms with Gasteiger partial charge in [0.2, 0.25) is 0 Å². The van der Waals surface area contributed by atoms with Crippen molar-refractivity contribution in [2.24, 2.45) is 0 Å². The highest BCUT2D eigenvalue weighted by Crippen LogP contribution is 2.03. The summed E-state index contributed by atoms with van der Waals surface area (Å²) >= 11 is 0. The maximum absolute atomic E-state index is 10.1. The SMILES string of the molecule is CC(C)=O.O=C[C@H](O)[C@@H](O)[C@H](O)[C@H](O)C(=O)O. The first-order valence-corrected chi connectivity index (χ1v) is 4.52. The van der Waals surface area contributed by atoms with E-state index in [9.17, 15) is 14.4 Å². The van der Waals surface area contributed by atoms with Crippen LogP contribution in [0.25, 0.3) is 0 Å². The first-order valence-electron chi connectivity index (χ1n) is 4.52. The van der Waals surface area contributed by atoms with Crippen molar-refractivity contribution in [3.8, 4) is 0 Å². The molecule has 4 atom stereocenters. The molecule has 0 aliphatic heterocycles. The second-order valence-electron chi connectivity index (χ2n) is 3.30. The molecule has 0 fully saturated rings. The van der Waals surface area contributed by atoms with Gasteiger partial charge in [-0.3, -0.25) is 0 Å². The maximum atomic E-state index is 10.1. The first kappa shape index (κ1) is 18.0. The third kappa shape index (κ3) is 8.46. The number of carbonyl (C=O) groups is 3. The topological polar surface area (TPSA) is 152 Å². The summed E-state index contributed by atoms with van der Waals surface area (Å²) in [5.41, 5.74) is 0. The standard InChI is InChI=1S/C6H10O7.C3H6O/c7-1-2(8)3(9)4(10)5(11)6(12)13;1-3(2)4/h1-5,8-11H,(H,12,13);1-2H3/t2-,3+,4-,5-;/m0./s1. The number of aldehydes is 1. The van der Waals surface area contributed by atoms with Gasteiger partial charge in [-0.1, -0.05) is 0 Å². The van der Waals surface area contributed by atoms with Crippen LogP contribution in [0.5, 0.6) is 0 Å². The summed E-state index contributed by atoms with van der Waals surface area (Å²) in [7, 11) is 0. The number of carbonyl (C=O) groups excluding carboxylic acids is 2. The number of aliphatic carboxylic acids is 1. The summed E-state index contributed by atoms with van der Waals surface area (Å²) in [6.07, 6.45) is -8.39. The summed E-state index contributed by atoms with van der Waals surface area (Å²) in [4.78, 5) is 29.4. The van der Waals surface area contributed by atoms with Crippen LogP contribution in [0.4, 0.5) is 0 Å². The fourth-order valence-corrected chi connectivity index (χ4v) is 0.615. The molecule has 0 saturated carbocycles. The Morgan fingerprint density at radius 3 is 1.59 bits per heavy atom. The highest BCUT2D eigenvalue weighted by atomic mass is 16.4. The monoisotopic (exact) mass is 252 g/mol. The number of carboxylic acid groups (broad SMARTS) is 1. The molecule has 0 aliphatic rings. The normalized spacial score (nSPS) is 16.8. The summed E-state index contributed by atoms with van der Waals surface area (Å²) < 4.78 is 0. The Labute approximate surface area is 97.1 Å². The molecule has 0 rings (SSSR count). The van der Waals surface area contributed by atoms with E-state index in [2.05, 4.69) is 0 Å². The van der Waals surface area contributed by atoms with Gasteiger partial charge in [0, 0.05) is 0 Å². The summed E-state index contributed by atoms with van der Waals surface area (Å²) in [6.45, 7) is 3.06. The van der Waals surface area contributed by atoms with Gasteiger partial charge >= 0.3 is 5.97 Å². The number of carboxylic acids is 1. The van der Waals surface area contributed by atoms with E-state index < -0.39 is 30.4 Å². The van der Waals surface area contributed by atoms with Crippen molar-refractivity contribution in [2.75, 3.05) is 0 Å². The minimum atomic E-state index is -2.25. The second-order valence-corrected chi connectivity index (χ2v) is 3.30. The molecule has 0 aromatic rings. The number of aliphatic hydroxyl groups is 4. The molecule has 100 valence electrons. The van der Waals surface area contributed by atoms with Crippen LogP contribution >= 0.6 is 0 Å². The van der Waals surface area contributed by atoms with E-state index in [1.54, 1.807) is 0 Å². The van der Waals surface area contributed by atoms with E-state index >= 15 is 0 Å². The number of Topliss-reactive ketones (excluding diaryl/α,β-unsaturated/α-hetero) is 1. The number of hydrogen-bond acceptors (Lipinski definition) is 7. The predicted octanol–water partition coefficient (Wildman–Crippen LogP) is -2.69. The first-order chi connectivity index (χ1) is 7.64. The van der Waals surface area contributed by atoms with E-state index in [1.165, 1.54) is 13.8 Å². The van der Waals surface area contributed by atoms with Crippen molar-refractivity contribution < 1.29 is 39.9 Å². The van der Waals surface area contributed by atoms with Crippen molar-refractivity contribution in [3.05, 3.63) is 0 Å². The molecule has 0 aromatic carbocycles. The molecular weight excluding hydrogens is 236 g/mol. The molecule has 0 aliphatic carbocycles. The quantitative estimate of drug-likeness (QED) is 0.331. The number of ketones is 1. The van der Waals surface area contributed by atoms with Crippen molar-refractivity contribution in [1.82, 2.24) is 0 Å². The lowest BCUT2D eigenvalue weighted by Crippen LogP contribution is -2.48. The van der Waals surface area contributed by atoms with Crippen LogP contribution in [0.15, 0.2) is 0 Å². The van der Waals surface area contributed by atoms with Gasteiger partial charge in [0.15, 0.2) is 12.4 Å². The second kappa shape index (κ2) is 8.76. The molecule has 0 heterocycles. The minimum absolute atomic E-state index is 0.0809. The Bertz CT molecular complexity index is 260. The van der Waals surface area contributed by atoms with Crippen LogP contribution in [0.2, 0.25) is 0 Å². The Kier molecular flexibility index (Phi) is 9.29. The van der Waals surface area contributed by atoms with Crippen LogP contribution in [-0.4, -0.2) is 68.0 Å². The summed E-state index contributed by atoms with van der Waals surface area (Å²) in [5.74, 6) is -1.59. The zero-order valence-corrected chi connectivity index (χ0v) is 9.35. The van der Waals surface area contributed by atoms with Crippen molar-refractivity contribution in [2.45, 2.75) is 38.3 Å². The van der Waals surface area contributed by atoms with E-state index in [0.29, 0.717) is 0 Å². The Balaban J connectivity index is 0. The largest absolute Gasteiger partial charge is 0.479 e. The zero-order chi connectivity index (χ0) is 14.2. The molecule has 8 heteroatoms. The molecular formula is C9H16O8. The number of hydrogen-bond donors (Lipinski definition) is 5. The highest BCUT2D eigenvalue weighted by Gasteiger charge is 2.33. The third-order valence-corrected chi connectivity index (χ3v) is 1.42. The van der Waals surface area contributed by atoms with Crippen LogP contribution in [0.3, 0.4) is 0 Å². The molecule has 0 unspecified atom stereocenters. The Morgan fingerprint density at radius 2 is 1.35 bits per heavy atom. The van der Waals surface area contributed by atoms with Gasteiger partial charge < -0.3 is 35.1 Å². The van der Waals surface area contributed by atoms with Crippen LogP contribution in [0.1, 0.15) is 13.8 Å². The van der Waals surface area contributed by atoms with E-state index in [4.69, 9.17) is 25.5 Å². The molecule has 0 spiro atoms. The maximum Gasteiger partial charge on any atom is 0.335 e. The van der Waals surface area contributed by atoms with E-state index in [-0.39, 0.29) is 12.1 Å². The van der Waals surface area contributed by atoms with Crippen molar-refractivity contribution in [3.63, 3.8) is 0 Å². The van der Waals surface area contributed by atoms with Gasteiger partial charge in [-0.2, -0.15) is 0 Å². The zero-order valence-electron chi connectivity index (χ0n) is 9.35. The molecule has 0 bridgehead atoms. The molecule has 0 saturated heterocycles. The fourth-order valence-electron chi connectivity index (χ4n) is 0.615. The molecule has 5 N–H and O–H groups in total. The molecule has 0 aromatic heterocycles. The molecule has 17 heavy (non-hydrogen) atoms. The average Bonchev–Trinajstić information content (AvgIpc) is 2.23. The Hall–Kier alpha value is -1.35. The Morgan fingerprint density at radius 1 is 1.00 bits per heavy atom. The van der Waals surface area contributed by atoms with Crippen LogP contribution in [0, 0.1) is 0 Å². The van der Waals surface area contributed by atoms with Gasteiger partial charge in [-0.15, -0.1) is 0 Å². The lowest BCUT2D eigenvalue weighted by Gasteiger charge is -2.21. The number of rotatable bonds is 5. The van der Waals surface area contributed by atoms with E-state index in [1.807, 2.05) is 0 Å². The fraction of sp³-hybridized carbons (Fsp3) is 0.667. The lowest BCUT2D eigenvalue weighted by atomic mass is 10.0. The van der Waals surface area contributed by atoms with Gasteiger partial charge in [0.1, 0.15) is 24.1 Å². The van der Waals surface area contributed by atoms with Crippen molar-refractivity contribution in [1.29, 1.82) is 0 Å². The van der Waals surface area contributed by atoms with E-state index in [0.717, 1.165) is 0 Å². The van der Waals surface area contributed by atoms with Crippen LogP contribution < -0.4 is 0 Å². The lowest BCUT2D eigenvalue weighted by molar-refractivity contribution is -0.163. The van der Waals surface area contributed by atoms with Crippen molar-refractivity contribution >= 4 is 18.0 Å². The minimum Gasteiger partial charge on any atom is -0.479 e. The van der Waals surface area contributed by atoms with Gasteiger partial charge in [-0.25, -0.2) is 4.79 Å². The average molecular weight is 252 g/mol. The highest BCUT2D eigenvalue weighted by molar-refractivity contribution is 5.73. The third-order valence-electron chi connectivity index (χ3n) is 1.42. The van der Waals surface area contributed by atoms with Gasteiger partial charge in [0.05, 0.1) is 0 Å². The van der Waals surface area contributed by atoms with Gasteiger partial charge in [-0.05, 0) is 13.8 Å².